The Morgan fingerprint density at radius 1 is 1.03 bits per heavy atom. The van der Waals surface area contributed by atoms with Crippen molar-refractivity contribution >= 4 is 61.6 Å². The Morgan fingerprint density at radius 3 is 2.50 bits per heavy atom. The van der Waals surface area contributed by atoms with Crippen LogP contribution in [-0.4, -0.2) is 94.1 Å². The van der Waals surface area contributed by atoms with Crippen LogP contribution >= 0.6 is 11.3 Å². The van der Waals surface area contributed by atoms with Gasteiger partial charge >= 0.3 is 5.97 Å². The van der Waals surface area contributed by atoms with Crippen LogP contribution in [0.1, 0.15) is 111 Å². The Balaban J connectivity index is 1.21. The molecule has 1 aliphatic carbocycles. The molecular weight excluding hydrogens is 779 g/mol. The molecule has 2 aromatic carbocycles. The number of amides is 2. The lowest BCUT2D eigenvalue weighted by Crippen LogP contribution is -2.51. The molecule has 1 saturated carbocycles. The molecule has 0 radical (unpaired) electrons. The van der Waals surface area contributed by atoms with Gasteiger partial charge < -0.3 is 30.5 Å². The molecule has 320 valence electrons. The first kappa shape index (κ1) is 44.4. The zero-order valence-corrected chi connectivity index (χ0v) is 36.5. The van der Waals surface area contributed by atoms with Gasteiger partial charge in [-0.05, 0) is 91.3 Å². The number of nitrogens with two attached hydrogens (primary N) is 1. The standard InChI is InChI=1S/C46H59N7O6S/c1-7-19-46(59-22-21-52(6)39(55)25-54)27-44(4,8-2)26-45(5,28-46)29-48-30(3)34(23-47)32-16-17-38(50-40(32)42(57)58)53-20-18-31-12-11-13-33(35(31)24-53)41(56)51-43-49-36-14-9-10-15-37(36)60-43/h9-17,23,54H,7-8,18-22,24-29,47H2,1-6H3,(H,57,58)(H,49,51,56). The smallest absolute Gasteiger partial charge is 0.355 e. The summed E-state index contributed by atoms with van der Waals surface area (Å²) in [6, 6.07) is 17.0. The first-order valence-electron chi connectivity index (χ1n) is 20.8. The molecule has 3 atom stereocenters. The average molecular weight is 838 g/mol. The summed E-state index contributed by atoms with van der Waals surface area (Å²) < 4.78 is 7.72. The van der Waals surface area contributed by atoms with Gasteiger partial charge in [0.15, 0.2) is 10.8 Å². The molecule has 5 N–H and O–H groups in total. The van der Waals surface area contributed by atoms with E-state index in [9.17, 15) is 24.6 Å². The molecule has 0 spiro atoms. The number of nitrogens with zero attached hydrogens (tertiary/aromatic N) is 5. The average Bonchev–Trinajstić information content (AvgIpc) is 3.64. The van der Waals surface area contributed by atoms with Gasteiger partial charge in [0.05, 0.1) is 22.4 Å². The van der Waals surface area contributed by atoms with E-state index >= 15 is 0 Å². The second-order valence-electron chi connectivity index (χ2n) is 17.2. The maximum Gasteiger partial charge on any atom is 0.355 e. The van der Waals surface area contributed by atoms with E-state index in [1.165, 1.54) is 22.4 Å². The molecule has 1 fully saturated rings. The fraction of sp³-hybridized carbons (Fsp3) is 0.478. The van der Waals surface area contributed by atoms with Crippen molar-refractivity contribution in [3.8, 4) is 0 Å². The van der Waals surface area contributed by atoms with Crippen molar-refractivity contribution in [3.63, 3.8) is 0 Å². The van der Waals surface area contributed by atoms with Crippen LogP contribution in [0.2, 0.25) is 0 Å². The summed E-state index contributed by atoms with van der Waals surface area (Å²) >= 11 is 1.42. The third-order valence-corrected chi connectivity index (χ3v) is 13.2. The number of rotatable bonds is 16. The molecule has 6 rings (SSSR count). The van der Waals surface area contributed by atoms with E-state index in [0.29, 0.717) is 72.6 Å². The van der Waals surface area contributed by atoms with Crippen molar-refractivity contribution in [2.45, 2.75) is 91.7 Å². The molecule has 1 aliphatic heterocycles. The van der Waals surface area contributed by atoms with Crippen LogP contribution in [0.25, 0.3) is 15.8 Å². The number of carbonyl (C=O) groups is 3. The number of aliphatic hydroxyl groups excluding tert-OH is 1. The van der Waals surface area contributed by atoms with Crippen LogP contribution in [0, 0.1) is 10.8 Å². The Bertz CT molecular complexity index is 2260. The molecular formula is C46H59N7O6S. The number of pyridine rings is 1. The highest BCUT2D eigenvalue weighted by atomic mass is 32.1. The van der Waals surface area contributed by atoms with Gasteiger partial charge in [0.25, 0.3) is 5.91 Å². The van der Waals surface area contributed by atoms with Crippen LogP contribution in [0.5, 0.6) is 0 Å². The number of para-hydroxylation sites is 1. The van der Waals surface area contributed by atoms with Gasteiger partial charge in [-0.3, -0.25) is 19.9 Å². The highest BCUT2D eigenvalue weighted by Crippen LogP contribution is 2.55. The van der Waals surface area contributed by atoms with E-state index in [1.54, 1.807) is 19.2 Å². The van der Waals surface area contributed by atoms with Gasteiger partial charge in [-0.15, -0.1) is 0 Å². The zero-order valence-electron chi connectivity index (χ0n) is 35.7. The first-order chi connectivity index (χ1) is 28.6. The number of fused-ring (bicyclic) bond motifs is 2. The number of nitrogens with one attached hydrogen (secondary N) is 1. The second-order valence-corrected chi connectivity index (χ2v) is 18.2. The fourth-order valence-electron chi connectivity index (χ4n) is 9.47. The van der Waals surface area contributed by atoms with Crippen molar-refractivity contribution in [1.29, 1.82) is 0 Å². The molecule has 13 nitrogen and oxygen atoms in total. The molecule has 0 saturated heterocycles. The molecule has 0 bridgehead atoms. The molecule has 3 unspecified atom stereocenters. The summed E-state index contributed by atoms with van der Waals surface area (Å²) in [6.07, 6.45) is 7.46. The minimum Gasteiger partial charge on any atom is -0.476 e. The van der Waals surface area contributed by atoms with Gasteiger partial charge in [-0.1, -0.05) is 76.1 Å². The van der Waals surface area contributed by atoms with E-state index in [0.717, 1.165) is 59.9 Å². The zero-order chi connectivity index (χ0) is 43.2. The maximum absolute atomic E-state index is 13.6. The van der Waals surface area contributed by atoms with E-state index in [4.69, 9.17) is 15.5 Å². The summed E-state index contributed by atoms with van der Waals surface area (Å²) in [6.45, 7) is 12.5. The number of thiazole rings is 1. The molecule has 4 aromatic rings. The van der Waals surface area contributed by atoms with Crippen LogP contribution in [-0.2, 0) is 22.5 Å². The van der Waals surface area contributed by atoms with Crippen LogP contribution in [0.15, 0.2) is 65.8 Å². The summed E-state index contributed by atoms with van der Waals surface area (Å²) in [5.74, 6) is -1.28. The Hall–Kier alpha value is -5.18. The number of anilines is 2. The molecule has 3 heterocycles. The number of aromatic nitrogens is 2. The van der Waals surface area contributed by atoms with E-state index in [-0.39, 0.29) is 28.3 Å². The predicted octanol–water partition coefficient (Wildman–Crippen LogP) is 7.58. The summed E-state index contributed by atoms with van der Waals surface area (Å²) in [5, 5.41) is 23.3. The normalized spacial score (nSPS) is 22.1. The monoisotopic (exact) mass is 837 g/mol. The van der Waals surface area contributed by atoms with Crippen LogP contribution in [0.4, 0.5) is 10.9 Å². The summed E-state index contributed by atoms with van der Waals surface area (Å²) in [7, 11) is 1.67. The predicted molar refractivity (Wildman–Crippen MR) is 239 cm³/mol. The van der Waals surface area contributed by atoms with Crippen LogP contribution in [0.3, 0.4) is 0 Å². The van der Waals surface area contributed by atoms with Gasteiger partial charge in [-0.25, -0.2) is 14.8 Å². The fourth-order valence-corrected chi connectivity index (χ4v) is 10.3. The number of aromatic carboxylic acids is 1. The molecule has 2 aliphatic rings. The minimum atomic E-state index is -1.18. The van der Waals surface area contributed by atoms with Crippen molar-refractivity contribution in [3.05, 3.63) is 88.7 Å². The molecule has 2 aromatic heterocycles. The Labute approximate surface area is 356 Å². The van der Waals surface area contributed by atoms with Gasteiger partial charge in [0.2, 0.25) is 5.91 Å². The molecule has 2 amide bonds. The third kappa shape index (κ3) is 9.88. The number of hydrogen-bond acceptors (Lipinski definition) is 11. The van der Waals surface area contributed by atoms with Crippen molar-refractivity contribution < 1.29 is 29.3 Å². The Morgan fingerprint density at radius 2 is 1.80 bits per heavy atom. The van der Waals surface area contributed by atoms with E-state index in [2.05, 4.69) is 43.0 Å². The maximum atomic E-state index is 13.6. The second kappa shape index (κ2) is 18.6. The third-order valence-electron chi connectivity index (χ3n) is 12.3. The number of aliphatic imine (C=N–C) groups is 1. The number of hydrogen-bond donors (Lipinski definition) is 4. The number of aliphatic hydroxyl groups is 1. The Kier molecular flexibility index (Phi) is 13.8. The molecule has 14 heteroatoms. The number of carboxylic acid groups (broad SMARTS) is 1. The quantitative estimate of drug-likeness (QED) is 0.0821. The first-order valence-corrected chi connectivity index (χ1v) is 21.7. The topological polar surface area (TPSA) is 184 Å². The van der Waals surface area contributed by atoms with Gasteiger partial charge in [-0.2, -0.15) is 0 Å². The number of likely N-dealkylation sites (N-methyl/N-ethyl adjacent to an activating group) is 1. The SMILES string of the molecule is CCCC1(OCCN(C)C(=O)CO)CC(C)(CC)CC(C)(CN=C(C)C(=CN)c2ccc(N3CCc4cccc(C(=O)Nc5nc6ccccc6s5)c4C3)nc2C(=O)O)C1. The lowest BCUT2D eigenvalue weighted by Gasteiger charge is -2.54. The van der Waals surface area contributed by atoms with Gasteiger partial charge in [0, 0.05) is 61.8 Å². The van der Waals surface area contributed by atoms with E-state index in [1.807, 2.05) is 54.3 Å². The van der Waals surface area contributed by atoms with Crippen LogP contribution < -0.4 is 16.0 Å². The minimum absolute atomic E-state index is 0.00286. The lowest BCUT2D eigenvalue weighted by atomic mass is 9.56. The van der Waals surface area contributed by atoms with Crippen molar-refractivity contribution in [2.75, 3.05) is 50.1 Å². The largest absolute Gasteiger partial charge is 0.476 e. The number of carboxylic acids is 1. The molecule has 60 heavy (non-hydrogen) atoms. The van der Waals surface area contributed by atoms with Crippen molar-refractivity contribution in [1.82, 2.24) is 14.9 Å². The summed E-state index contributed by atoms with van der Waals surface area (Å²) in [5.41, 5.74) is 10.2. The summed E-state index contributed by atoms with van der Waals surface area (Å²) in [4.78, 5) is 56.4. The van der Waals surface area contributed by atoms with E-state index < -0.39 is 18.2 Å². The highest BCUT2D eigenvalue weighted by molar-refractivity contribution is 7.22. The number of benzene rings is 2. The van der Waals surface area contributed by atoms with Crippen molar-refractivity contribution in [2.24, 2.45) is 21.6 Å². The number of ether oxygens (including phenoxy) is 1. The lowest BCUT2D eigenvalue weighted by molar-refractivity contribution is -0.149. The highest BCUT2D eigenvalue weighted by Gasteiger charge is 2.50. The van der Waals surface area contributed by atoms with Gasteiger partial charge in [0.1, 0.15) is 12.4 Å². The number of carbonyl (C=O) groups excluding carboxylic acids is 2. The number of allylic oxidation sites excluding steroid dienone is 1.